The van der Waals surface area contributed by atoms with E-state index in [1.54, 1.807) is 0 Å². The van der Waals surface area contributed by atoms with Crippen molar-refractivity contribution in [1.82, 2.24) is 19.0 Å². The van der Waals surface area contributed by atoms with Gasteiger partial charge in [0.25, 0.3) is 0 Å². The van der Waals surface area contributed by atoms with Crippen molar-refractivity contribution in [3.63, 3.8) is 0 Å². The smallest absolute Gasteiger partial charge is 0.347 e. The molecule has 0 atom stereocenters. The number of carbonyl (C=O) groups excluding carboxylic acids is 1. The Hall–Kier alpha value is -3.17. The molecule has 3 rings (SSSR count). The van der Waals surface area contributed by atoms with Gasteiger partial charge in [0.1, 0.15) is 12.4 Å². The number of benzene rings is 1. The molecular weight excluding hydrogens is 380 g/mol. The zero-order valence-electron chi connectivity index (χ0n) is 15.2. The maximum absolute atomic E-state index is 14.5. The third kappa shape index (κ3) is 3.25. The number of rotatable bonds is 3. The van der Waals surface area contributed by atoms with Crippen molar-refractivity contribution in [3.8, 4) is 11.1 Å². The van der Waals surface area contributed by atoms with E-state index in [-0.39, 0.29) is 34.7 Å². The molecule has 0 aliphatic carbocycles. The number of hydrogen-bond donors (Lipinski definition) is 0. The van der Waals surface area contributed by atoms with E-state index in [1.807, 2.05) is 0 Å². The van der Waals surface area contributed by atoms with Gasteiger partial charge in [-0.3, -0.25) is 13.9 Å². The highest BCUT2D eigenvalue weighted by Gasteiger charge is 2.35. The molecule has 0 radical (unpaired) electrons. The average molecular weight is 396 g/mol. The molecule has 3 aromatic rings. The number of nitrogens with zero attached hydrogens (tertiary/aromatic N) is 4. The van der Waals surface area contributed by atoms with E-state index in [0.717, 1.165) is 10.6 Å². The summed E-state index contributed by atoms with van der Waals surface area (Å²) in [4.78, 5) is 29.9. The molecule has 148 valence electrons. The zero-order chi connectivity index (χ0) is 20.8. The number of halogens is 4. The van der Waals surface area contributed by atoms with Gasteiger partial charge in [0.15, 0.2) is 5.65 Å². The fourth-order valence-electron chi connectivity index (χ4n) is 2.83. The van der Waals surface area contributed by atoms with Gasteiger partial charge in [-0.15, -0.1) is 0 Å². The number of aromatic nitrogens is 3. The van der Waals surface area contributed by atoms with Crippen LogP contribution in [-0.2, 0) is 24.6 Å². The molecule has 0 N–H and O–H groups in total. The van der Waals surface area contributed by atoms with Gasteiger partial charge in [-0.25, -0.2) is 14.2 Å². The van der Waals surface area contributed by atoms with Crippen LogP contribution in [0.25, 0.3) is 22.3 Å². The monoisotopic (exact) mass is 396 g/mol. The summed E-state index contributed by atoms with van der Waals surface area (Å²) < 4.78 is 55.8. The molecule has 0 fully saturated rings. The van der Waals surface area contributed by atoms with Gasteiger partial charge in [0.2, 0.25) is 5.91 Å². The van der Waals surface area contributed by atoms with Gasteiger partial charge in [-0.2, -0.15) is 13.2 Å². The SMILES string of the molecule is CN(C)C(=O)Cn1c(=O)n(C)c2ncc(-c3cccc(C(F)(F)F)c3F)cc21. The first-order valence-corrected chi connectivity index (χ1v) is 8.14. The van der Waals surface area contributed by atoms with Crippen molar-refractivity contribution >= 4 is 17.1 Å². The molecule has 0 saturated heterocycles. The topological polar surface area (TPSA) is 60.1 Å². The van der Waals surface area contributed by atoms with Crippen LogP contribution in [-0.4, -0.2) is 39.0 Å². The average Bonchev–Trinajstić information content (AvgIpc) is 2.85. The molecule has 0 bridgehead atoms. The Morgan fingerprint density at radius 3 is 2.54 bits per heavy atom. The third-order valence-corrected chi connectivity index (χ3v) is 4.38. The summed E-state index contributed by atoms with van der Waals surface area (Å²) in [5.74, 6) is -1.78. The Balaban J connectivity index is 2.21. The van der Waals surface area contributed by atoms with E-state index in [4.69, 9.17) is 0 Å². The number of aryl methyl sites for hydroxylation is 1. The number of alkyl halides is 3. The van der Waals surface area contributed by atoms with Crippen LogP contribution in [0.4, 0.5) is 17.6 Å². The van der Waals surface area contributed by atoms with E-state index in [2.05, 4.69) is 4.98 Å². The lowest BCUT2D eigenvalue weighted by Gasteiger charge is -2.12. The van der Waals surface area contributed by atoms with Crippen molar-refractivity contribution < 1.29 is 22.4 Å². The second-order valence-corrected chi connectivity index (χ2v) is 6.45. The van der Waals surface area contributed by atoms with Crippen molar-refractivity contribution in [2.75, 3.05) is 14.1 Å². The predicted octanol–water partition coefficient (Wildman–Crippen LogP) is 2.65. The number of carbonyl (C=O) groups is 1. The predicted molar refractivity (Wildman–Crippen MR) is 94.1 cm³/mol. The van der Waals surface area contributed by atoms with Crippen molar-refractivity contribution in [1.29, 1.82) is 0 Å². The maximum Gasteiger partial charge on any atom is 0.419 e. The van der Waals surface area contributed by atoms with Gasteiger partial charge in [0, 0.05) is 38.5 Å². The standard InChI is InChI=1S/C18H16F4N4O2/c1-24(2)14(27)9-26-13-7-10(8-23-16(13)25(3)17(26)28)11-5-4-6-12(15(11)19)18(20,21)22/h4-8H,9H2,1-3H3. The first-order chi connectivity index (χ1) is 13.0. The summed E-state index contributed by atoms with van der Waals surface area (Å²) in [6.07, 6.45) is -3.65. The normalized spacial score (nSPS) is 11.8. The second kappa shape index (κ2) is 6.77. The van der Waals surface area contributed by atoms with E-state index in [9.17, 15) is 27.2 Å². The first kappa shape index (κ1) is 19.6. The Bertz CT molecular complexity index is 1130. The first-order valence-electron chi connectivity index (χ1n) is 8.14. The van der Waals surface area contributed by atoms with Gasteiger partial charge >= 0.3 is 11.9 Å². The summed E-state index contributed by atoms with van der Waals surface area (Å²) in [7, 11) is 4.51. The zero-order valence-corrected chi connectivity index (χ0v) is 15.2. The third-order valence-electron chi connectivity index (χ3n) is 4.38. The Morgan fingerprint density at radius 1 is 1.25 bits per heavy atom. The molecule has 2 heterocycles. The number of likely N-dealkylation sites (N-methyl/N-ethyl adjacent to an activating group) is 1. The molecule has 0 aliphatic rings. The lowest BCUT2D eigenvalue weighted by atomic mass is 10.0. The molecular formula is C18H16F4N4O2. The molecule has 0 aliphatic heterocycles. The molecule has 0 unspecified atom stereocenters. The molecule has 6 nitrogen and oxygen atoms in total. The molecule has 1 aromatic carbocycles. The van der Waals surface area contributed by atoms with Crippen LogP contribution in [0.3, 0.4) is 0 Å². The summed E-state index contributed by atoms with van der Waals surface area (Å²) in [5.41, 5.74) is -1.69. The van der Waals surface area contributed by atoms with Crippen molar-refractivity contribution in [2.45, 2.75) is 12.7 Å². The van der Waals surface area contributed by atoms with Crippen molar-refractivity contribution in [2.24, 2.45) is 7.05 Å². The van der Waals surface area contributed by atoms with Crippen LogP contribution < -0.4 is 5.69 Å². The number of fused-ring (bicyclic) bond motifs is 1. The van der Waals surface area contributed by atoms with Crippen LogP contribution in [0, 0.1) is 5.82 Å². The van der Waals surface area contributed by atoms with Crippen LogP contribution in [0.1, 0.15) is 5.56 Å². The van der Waals surface area contributed by atoms with E-state index < -0.39 is 23.2 Å². The maximum atomic E-state index is 14.5. The molecule has 0 spiro atoms. The highest BCUT2D eigenvalue weighted by Crippen LogP contribution is 2.35. The van der Waals surface area contributed by atoms with E-state index in [1.165, 1.54) is 48.9 Å². The highest BCUT2D eigenvalue weighted by atomic mass is 19.4. The minimum atomic E-state index is -4.84. The second-order valence-electron chi connectivity index (χ2n) is 6.45. The van der Waals surface area contributed by atoms with Gasteiger partial charge in [0.05, 0.1) is 11.1 Å². The van der Waals surface area contributed by atoms with Gasteiger partial charge in [-0.05, 0) is 12.1 Å². The molecule has 1 amide bonds. The van der Waals surface area contributed by atoms with Gasteiger partial charge < -0.3 is 4.90 Å². The molecule has 2 aromatic heterocycles. The van der Waals surface area contributed by atoms with E-state index >= 15 is 0 Å². The van der Waals surface area contributed by atoms with Gasteiger partial charge in [-0.1, -0.05) is 12.1 Å². The summed E-state index contributed by atoms with van der Waals surface area (Å²) >= 11 is 0. The van der Waals surface area contributed by atoms with Crippen molar-refractivity contribution in [3.05, 3.63) is 52.3 Å². The Morgan fingerprint density at radius 2 is 1.93 bits per heavy atom. The Kier molecular flexibility index (Phi) is 4.74. The largest absolute Gasteiger partial charge is 0.419 e. The fraction of sp³-hybridized carbons (Fsp3) is 0.278. The van der Waals surface area contributed by atoms with Crippen LogP contribution in [0.5, 0.6) is 0 Å². The minimum Gasteiger partial charge on any atom is -0.347 e. The van der Waals surface area contributed by atoms with Crippen LogP contribution in [0.2, 0.25) is 0 Å². The number of pyridine rings is 1. The lowest BCUT2D eigenvalue weighted by molar-refractivity contribution is -0.140. The quantitative estimate of drug-likeness (QED) is 0.640. The summed E-state index contributed by atoms with van der Waals surface area (Å²) in [6.45, 7) is -0.278. The lowest BCUT2D eigenvalue weighted by Crippen LogP contribution is -2.31. The fourth-order valence-corrected chi connectivity index (χ4v) is 2.83. The number of imidazole rings is 1. The van der Waals surface area contributed by atoms with Crippen LogP contribution in [0.15, 0.2) is 35.3 Å². The Labute approximate surface area is 156 Å². The number of hydrogen-bond acceptors (Lipinski definition) is 3. The van der Waals surface area contributed by atoms with Crippen LogP contribution >= 0.6 is 0 Å². The van der Waals surface area contributed by atoms with E-state index in [0.29, 0.717) is 6.07 Å². The molecule has 10 heteroatoms. The summed E-state index contributed by atoms with van der Waals surface area (Å²) in [6, 6.07) is 4.30. The minimum absolute atomic E-state index is 0.0627. The molecule has 0 saturated carbocycles. The molecule has 28 heavy (non-hydrogen) atoms. The summed E-state index contributed by atoms with van der Waals surface area (Å²) in [5, 5.41) is 0. The highest BCUT2D eigenvalue weighted by molar-refractivity contribution is 5.82. The number of amides is 1.